The van der Waals surface area contributed by atoms with E-state index in [1.54, 1.807) is 0 Å². The molecule has 0 unspecified atom stereocenters. The lowest BCUT2D eigenvalue weighted by atomic mass is 10.1. The lowest BCUT2D eigenvalue weighted by Crippen LogP contribution is -2.36. The molecule has 0 saturated carbocycles. The second-order valence-electron chi connectivity index (χ2n) is 7.39. The zero-order chi connectivity index (χ0) is 18.9. The van der Waals surface area contributed by atoms with Gasteiger partial charge in [0, 0.05) is 39.1 Å². The van der Waals surface area contributed by atoms with Gasteiger partial charge in [-0.3, -0.25) is 4.90 Å². The molecule has 0 radical (unpaired) electrons. The summed E-state index contributed by atoms with van der Waals surface area (Å²) < 4.78 is 2.05. The molecule has 0 bridgehead atoms. The molecule has 154 valence electrons. The fraction of sp³-hybridized carbons (Fsp3) is 0.500. The predicted molar refractivity (Wildman–Crippen MR) is 128 cm³/mol. The van der Waals surface area contributed by atoms with Crippen molar-refractivity contribution in [2.45, 2.75) is 45.8 Å². The number of guanidine groups is 1. The molecule has 1 aliphatic rings. The number of hydrogen-bond donors (Lipinski definition) is 2. The minimum Gasteiger partial charge on any atom is -0.357 e. The third-order valence-corrected chi connectivity index (χ3v) is 4.99. The van der Waals surface area contributed by atoms with Crippen LogP contribution in [-0.2, 0) is 26.7 Å². The Morgan fingerprint density at radius 1 is 0.964 bits per heavy atom. The van der Waals surface area contributed by atoms with Gasteiger partial charge in [0.15, 0.2) is 5.96 Å². The maximum Gasteiger partial charge on any atom is 0.191 e. The monoisotopic (exact) mass is 495 g/mol. The molecule has 1 aromatic heterocycles. The Morgan fingerprint density at radius 2 is 1.68 bits per heavy atom. The molecule has 2 aromatic rings. The Morgan fingerprint density at radius 3 is 2.32 bits per heavy atom. The van der Waals surface area contributed by atoms with E-state index in [4.69, 9.17) is 0 Å². The molecule has 1 aliphatic heterocycles. The minimum atomic E-state index is 0. The summed E-state index contributed by atoms with van der Waals surface area (Å²) in [4.78, 5) is 7.25. The number of hydrogen-bond acceptors (Lipinski definition) is 2. The van der Waals surface area contributed by atoms with Crippen LogP contribution in [0.2, 0.25) is 0 Å². The number of rotatable bonds is 7. The van der Waals surface area contributed by atoms with Gasteiger partial charge >= 0.3 is 0 Å². The van der Waals surface area contributed by atoms with Gasteiger partial charge in [-0.05, 0) is 55.6 Å². The summed E-state index contributed by atoms with van der Waals surface area (Å²) in [5.74, 6) is 0.860. The van der Waals surface area contributed by atoms with Crippen LogP contribution in [0.1, 0.15) is 42.9 Å². The van der Waals surface area contributed by atoms with Crippen LogP contribution < -0.4 is 10.6 Å². The van der Waals surface area contributed by atoms with Gasteiger partial charge in [-0.2, -0.15) is 0 Å². The average Bonchev–Trinajstić information content (AvgIpc) is 3.11. The van der Waals surface area contributed by atoms with Gasteiger partial charge in [0.25, 0.3) is 0 Å². The zero-order valence-corrected chi connectivity index (χ0v) is 19.5. The second-order valence-corrected chi connectivity index (χ2v) is 7.39. The maximum atomic E-state index is 4.68. The van der Waals surface area contributed by atoms with E-state index >= 15 is 0 Å². The van der Waals surface area contributed by atoms with Crippen molar-refractivity contribution in [3.63, 3.8) is 0 Å². The van der Waals surface area contributed by atoms with Crippen LogP contribution in [-0.4, -0.2) is 35.1 Å². The third-order valence-electron chi connectivity index (χ3n) is 4.99. The smallest absolute Gasteiger partial charge is 0.191 e. The highest BCUT2D eigenvalue weighted by atomic mass is 127. The van der Waals surface area contributed by atoms with Crippen molar-refractivity contribution in [3.05, 3.63) is 59.4 Å². The number of aryl methyl sites for hydroxylation is 1. The first kappa shape index (κ1) is 22.7. The normalized spacial score (nSPS) is 15.1. The molecule has 2 N–H and O–H groups in total. The fourth-order valence-corrected chi connectivity index (χ4v) is 3.49. The van der Waals surface area contributed by atoms with E-state index in [0.29, 0.717) is 6.54 Å². The summed E-state index contributed by atoms with van der Waals surface area (Å²) >= 11 is 0. The van der Waals surface area contributed by atoms with E-state index in [0.717, 1.165) is 25.6 Å². The van der Waals surface area contributed by atoms with Crippen molar-refractivity contribution in [2.24, 2.45) is 12.0 Å². The minimum absolute atomic E-state index is 0. The van der Waals surface area contributed by atoms with E-state index in [9.17, 15) is 0 Å². The number of benzene rings is 1. The Balaban J connectivity index is 0.00000280. The molecule has 0 amide bonds. The molecule has 6 heteroatoms. The van der Waals surface area contributed by atoms with Crippen LogP contribution in [0.5, 0.6) is 0 Å². The predicted octanol–water partition coefficient (Wildman–Crippen LogP) is 3.88. The number of nitrogens with one attached hydrogen (secondary N) is 2. The van der Waals surface area contributed by atoms with Crippen molar-refractivity contribution in [3.8, 4) is 0 Å². The molecule has 0 spiro atoms. The first-order valence-corrected chi connectivity index (χ1v) is 10.2. The standard InChI is InChI=1S/C22H33N5.HI/c1-3-23-22(25-16-21-11-14-26(2)17-21)24-15-19-7-9-20(10-8-19)18-27-12-5-4-6-13-27;/h7-11,14,17H,3-6,12-13,15-16,18H2,1-2H3,(H2,23,24,25);1H. The van der Waals surface area contributed by atoms with Crippen molar-refractivity contribution in [2.75, 3.05) is 19.6 Å². The Labute approximate surface area is 186 Å². The van der Waals surface area contributed by atoms with E-state index in [2.05, 4.69) is 74.7 Å². The summed E-state index contributed by atoms with van der Waals surface area (Å²) in [6.07, 6.45) is 8.24. The number of aromatic nitrogens is 1. The first-order valence-electron chi connectivity index (χ1n) is 10.2. The van der Waals surface area contributed by atoms with E-state index in [-0.39, 0.29) is 24.0 Å². The van der Waals surface area contributed by atoms with Crippen LogP contribution in [0.25, 0.3) is 0 Å². The fourth-order valence-electron chi connectivity index (χ4n) is 3.49. The number of halogens is 1. The highest BCUT2D eigenvalue weighted by molar-refractivity contribution is 14.0. The van der Waals surface area contributed by atoms with Gasteiger partial charge in [-0.25, -0.2) is 4.99 Å². The molecular formula is C22H34IN5. The first-order chi connectivity index (χ1) is 13.2. The summed E-state index contributed by atoms with van der Waals surface area (Å²) in [6, 6.07) is 11.1. The Hall–Kier alpha value is -1.54. The SMILES string of the molecule is CCNC(=NCc1ccn(C)c1)NCc1ccc(CN2CCCCC2)cc1.I. The molecule has 0 atom stereocenters. The summed E-state index contributed by atoms with van der Waals surface area (Å²) in [6.45, 7) is 7.98. The van der Waals surface area contributed by atoms with Crippen molar-refractivity contribution in [1.82, 2.24) is 20.1 Å². The van der Waals surface area contributed by atoms with Crippen molar-refractivity contribution >= 4 is 29.9 Å². The van der Waals surface area contributed by atoms with Crippen molar-refractivity contribution in [1.29, 1.82) is 0 Å². The molecule has 1 saturated heterocycles. The Bertz CT molecular complexity index is 717. The zero-order valence-electron chi connectivity index (χ0n) is 17.2. The summed E-state index contributed by atoms with van der Waals surface area (Å²) in [5.41, 5.74) is 3.91. The van der Waals surface area contributed by atoms with Crippen LogP contribution >= 0.6 is 24.0 Å². The molecular weight excluding hydrogens is 461 g/mol. The molecule has 0 aliphatic carbocycles. The van der Waals surface area contributed by atoms with Crippen molar-refractivity contribution < 1.29 is 0 Å². The van der Waals surface area contributed by atoms with Gasteiger partial charge in [-0.1, -0.05) is 30.7 Å². The number of aliphatic imine (C=N–C) groups is 1. The van der Waals surface area contributed by atoms with Gasteiger partial charge < -0.3 is 15.2 Å². The average molecular weight is 495 g/mol. The van der Waals surface area contributed by atoms with Crippen LogP contribution in [0.15, 0.2) is 47.7 Å². The molecule has 1 aromatic carbocycles. The largest absolute Gasteiger partial charge is 0.357 e. The maximum absolute atomic E-state index is 4.68. The van der Waals surface area contributed by atoms with Crippen LogP contribution in [0, 0.1) is 0 Å². The second kappa shape index (κ2) is 12.1. The Kier molecular flexibility index (Phi) is 9.84. The number of likely N-dealkylation sites (tertiary alicyclic amines) is 1. The lowest BCUT2D eigenvalue weighted by molar-refractivity contribution is 0.221. The number of nitrogens with zero attached hydrogens (tertiary/aromatic N) is 3. The van der Waals surface area contributed by atoms with E-state index in [1.165, 1.54) is 49.0 Å². The van der Waals surface area contributed by atoms with E-state index in [1.807, 2.05) is 7.05 Å². The van der Waals surface area contributed by atoms with Crippen LogP contribution in [0.3, 0.4) is 0 Å². The summed E-state index contributed by atoms with van der Waals surface area (Å²) in [7, 11) is 2.03. The molecule has 1 fully saturated rings. The van der Waals surface area contributed by atoms with Gasteiger partial charge in [0.05, 0.1) is 6.54 Å². The van der Waals surface area contributed by atoms with Crippen LogP contribution in [0.4, 0.5) is 0 Å². The van der Waals surface area contributed by atoms with E-state index < -0.39 is 0 Å². The molecule has 5 nitrogen and oxygen atoms in total. The highest BCUT2D eigenvalue weighted by Crippen LogP contribution is 2.13. The topological polar surface area (TPSA) is 44.6 Å². The number of piperidine rings is 1. The molecule has 2 heterocycles. The van der Waals surface area contributed by atoms with Gasteiger partial charge in [0.1, 0.15) is 0 Å². The highest BCUT2D eigenvalue weighted by Gasteiger charge is 2.10. The molecule has 28 heavy (non-hydrogen) atoms. The third kappa shape index (κ3) is 7.47. The lowest BCUT2D eigenvalue weighted by Gasteiger charge is -2.26. The van der Waals surface area contributed by atoms with Gasteiger partial charge in [0.2, 0.25) is 0 Å². The summed E-state index contributed by atoms with van der Waals surface area (Å²) in [5, 5.41) is 6.76. The van der Waals surface area contributed by atoms with Gasteiger partial charge in [-0.15, -0.1) is 24.0 Å². The quantitative estimate of drug-likeness (QED) is 0.348. The molecule has 3 rings (SSSR count).